The van der Waals surface area contributed by atoms with Gasteiger partial charge in [0.2, 0.25) is 5.13 Å². The Bertz CT molecular complexity index is 410. The smallest absolute Gasteiger partial charge is 0.326 e. The third-order valence-electron chi connectivity index (χ3n) is 2.40. The SMILES string of the molecule is CC(C)C[C@@H](Nc1nc(C(C)(C)C)ns1)C(=O)O. The predicted molar refractivity (Wildman–Crippen MR) is 73.1 cm³/mol. The molecule has 0 radical (unpaired) electrons. The molecule has 0 amide bonds. The number of hydrogen-bond acceptors (Lipinski definition) is 5. The Morgan fingerprint density at radius 2 is 2.06 bits per heavy atom. The minimum atomic E-state index is -0.851. The van der Waals surface area contributed by atoms with E-state index in [1.54, 1.807) is 0 Å². The maximum atomic E-state index is 11.1. The highest BCUT2D eigenvalue weighted by Gasteiger charge is 2.23. The average Bonchev–Trinajstić information content (AvgIpc) is 2.63. The van der Waals surface area contributed by atoms with Gasteiger partial charge in [0.05, 0.1) is 0 Å². The van der Waals surface area contributed by atoms with Crippen LogP contribution < -0.4 is 5.32 Å². The number of nitrogens with one attached hydrogen (secondary N) is 1. The topological polar surface area (TPSA) is 75.1 Å². The lowest BCUT2D eigenvalue weighted by molar-refractivity contribution is -0.138. The third-order valence-corrected chi connectivity index (χ3v) is 3.05. The summed E-state index contributed by atoms with van der Waals surface area (Å²) < 4.78 is 4.25. The summed E-state index contributed by atoms with van der Waals surface area (Å²) in [7, 11) is 0. The van der Waals surface area contributed by atoms with Gasteiger partial charge in [0, 0.05) is 16.9 Å². The first-order valence-electron chi connectivity index (χ1n) is 6.03. The van der Waals surface area contributed by atoms with E-state index in [9.17, 15) is 4.79 Å². The van der Waals surface area contributed by atoms with Crippen molar-refractivity contribution >= 4 is 22.6 Å². The molecule has 0 fully saturated rings. The maximum Gasteiger partial charge on any atom is 0.326 e. The van der Waals surface area contributed by atoms with Crippen LogP contribution in [-0.2, 0) is 10.2 Å². The van der Waals surface area contributed by atoms with Gasteiger partial charge in [-0.05, 0) is 12.3 Å². The molecule has 0 bridgehead atoms. The first-order valence-corrected chi connectivity index (χ1v) is 6.81. The van der Waals surface area contributed by atoms with Gasteiger partial charge in [0.15, 0.2) is 0 Å². The van der Waals surface area contributed by atoms with Crippen LogP contribution in [0.2, 0.25) is 0 Å². The molecular formula is C12H21N3O2S. The minimum Gasteiger partial charge on any atom is -0.480 e. The van der Waals surface area contributed by atoms with Crippen molar-refractivity contribution in [3.05, 3.63) is 5.82 Å². The molecule has 1 aromatic heterocycles. The van der Waals surface area contributed by atoms with E-state index in [-0.39, 0.29) is 5.41 Å². The normalized spacial score (nSPS) is 13.7. The molecule has 0 aliphatic heterocycles. The number of carboxylic acid groups (broad SMARTS) is 1. The van der Waals surface area contributed by atoms with Gasteiger partial charge < -0.3 is 10.4 Å². The van der Waals surface area contributed by atoms with E-state index in [1.807, 2.05) is 34.6 Å². The molecule has 0 aliphatic rings. The number of hydrogen-bond donors (Lipinski definition) is 2. The van der Waals surface area contributed by atoms with E-state index >= 15 is 0 Å². The number of anilines is 1. The second kappa shape index (κ2) is 5.65. The van der Waals surface area contributed by atoms with E-state index in [0.717, 1.165) is 5.82 Å². The predicted octanol–water partition coefficient (Wildman–Crippen LogP) is 2.75. The number of aliphatic carboxylic acids is 1. The molecule has 0 saturated heterocycles. The Kier molecular flexibility index (Phi) is 4.67. The molecule has 0 aromatic carbocycles. The van der Waals surface area contributed by atoms with Crippen molar-refractivity contribution in [2.45, 2.75) is 52.5 Å². The Morgan fingerprint density at radius 3 is 2.44 bits per heavy atom. The van der Waals surface area contributed by atoms with Crippen LogP contribution in [0.3, 0.4) is 0 Å². The highest BCUT2D eigenvalue weighted by molar-refractivity contribution is 7.09. The zero-order valence-electron chi connectivity index (χ0n) is 11.5. The van der Waals surface area contributed by atoms with Gasteiger partial charge in [-0.15, -0.1) is 0 Å². The highest BCUT2D eigenvalue weighted by Crippen LogP contribution is 2.24. The van der Waals surface area contributed by atoms with E-state index in [4.69, 9.17) is 5.11 Å². The van der Waals surface area contributed by atoms with Crippen molar-refractivity contribution in [2.75, 3.05) is 5.32 Å². The molecule has 0 spiro atoms. The van der Waals surface area contributed by atoms with Gasteiger partial charge in [0.25, 0.3) is 0 Å². The van der Waals surface area contributed by atoms with E-state index in [0.29, 0.717) is 17.5 Å². The van der Waals surface area contributed by atoms with Crippen LogP contribution in [0, 0.1) is 5.92 Å². The standard InChI is InChI=1S/C12H21N3O2S/c1-7(2)6-8(9(16)17)13-11-14-10(15-18-11)12(3,4)5/h7-8H,6H2,1-5H3,(H,16,17)(H,13,14,15)/t8-/m1/s1. The molecule has 102 valence electrons. The van der Waals surface area contributed by atoms with Crippen LogP contribution in [-0.4, -0.2) is 26.5 Å². The third kappa shape index (κ3) is 4.25. The first kappa shape index (κ1) is 14.9. The molecule has 1 atom stereocenters. The Morgan fingerprint density at radius 1 is 1.44 bits per heavy atom. The largest absolute Gasteiger partial charge is 0.480 e. The molecule has 5 nitrogen and oxygen atoms in total. The van der Waals surface area contributed by atoms with Crippen LogP contribution in [0.25, 0.3) is 0 Å². The summed E-state index contributed by atoms with van der Waals surface area (Å²) in [5, 5.41) is 12.7. The maximum absolute atomic E-state index is 11.1. The van der Waals surface area contributed by atoms with Gasteiger partial charge in [0.1, 0.15) is 11.9 Å². The van der Waals surface area contributed by atoms with Gasteiger partial charge in [-0.25, -0.2) is 9.78 Å². The summed E-state index contributed by atoms with van der Waals surface area (Å²) in [5.41, 5.74) is -0.118. The molecule has 1 rings (SSSR count). The Balaban J connectivity index is 2.76. The van der Waals surface area contributed by atoms with Crippen molar-refractivity contribution in [3.63, 3.8) is 0 Å². The van der Waals surface area contributed by atoms with Gasteiger partial charge >= 0.3 is 5.97 Å². The van der Waals surface area contributed by atoms with Crippen molar-refractivity contribution in [2.24, 2.45) is 5.92 Å². The lowest BCUT2D eigenvalue weighted by atomic mass is 9.96. The zero-order valence-corrected chi connectivity index (χ0v) is 12.3. The summed E-state index contributed by atoms with van der Waals surface area (Å²) in [4.78, 5) is 15.5. The Labute approximate surface area is 112 Å². The van der Waals surface area contributed by atoms with E-state index < -0.39 is 12.0 Å². The first-order chi connectivity index (χ1) is 8.20. The van der Waals surface area contributed by atoms with Gasteiger partial charge in [-0.2, -0.15) is 4.37 Å². The van der Waals surface area contributed by atoms with Crippen LogP contribution in [0.5, 0.6) is 0 Å². The van der Waals surface area contributed by atoms with Crippen LogP contribution in [0.15, 0.2) is 0 Å². The highest BCUT2D eigenvalue weighted by atomic mass is 32.1. The fourth-order valence-electron chi connectivity index (χ4n) is 1.43. The Hall–Kier alpha value is -1.17. The zero-order chi connectivity index (χ0) is 13.9. The minimum absolute atomic E-state index is 0.118. The molecule has 2 N–H and O–H groups in total. The fraction of sp³-hybridized carbons (Fsp3) is 0.750. The molecule has 0 unspecified atom stereocenters. The molecular weight excluding hydrogens is 250 g/mol. The monoisotopic (exact) mass is 271 g/mol. The number of nitrogens with zero attached hydrogens (tertiary/aromatic N) is 2. The lowest BCUT2D eigenvalue weighted by Crippen LogP contribution is -2.30. The van der Waals surface area contributed by atoms with Gasteiger partial charge in [-0.1, -0.05) is 34.6 Å². The summed E-state index contributed by atoms with van der Waals surface area (Å²) in [6.45, 7) is 10.1. The lowest BCUT2D eigenvalue weighted by Gasteiger charge is -2.15. The summed E-state index contributed by atoms with van der Waals surface area (Å²) in [6, 6.07) is -0.606. The second-order valence-electron chi connectivity index (χ2n) is 5.84. The number of carbonyl (C=O) groups is 1. The molecule has 6 heteroatoms. The summed E-state index contributed by atoms with van der Waals surface area (Å²) >= 11 is 1.21. The van der Waals surface area contributed by atoms with Crippen LogP contribution in [0.1, 0.15) is 46.9 Å². The molecule has 0 saturated carbocycles. The average molecular weight is 271 g/mol. The van der Waals surface area contributed by atoms with Gasteiger partial charge in [-0.3, -0.25) is 0 Å². The number of carboxylic acids is 1. The molecule has 1 heterocycles. The number of rotatable bonds is 5. The molecule has 1 aromatic rings. The summed E-state index contributed by atoms with van der Waals surface area (Å²) in [5.74, 6) is 0.202. The van der Waals surface area contributed by atoms with Crippen molar-refractivity contribution in [1.82, 2.24) is 9.36 Å². The quantitative estimate of drug-likeness (QED) is 0.861. The second-order valence-corrected chi connectivity index (χ2v) is 6.59. The van der Waals surface area contributed by atoms with E-state index in [2.05, 4.69) is 14.7 Å². The van der Waals surface area contributed by atoms with Crippen molar-refractivity contribution in [1.29, 1.82) is 0 Å². The summed E-state index contributed by atoms with van der Waals surface area (Å²) in [6.07, 6.45) is 0.569. The number of aromatic nitrogens is 2. The van der Waals surface area contributed by atoms with Crippen LogP contribution >= 0.6 is 11.5 Å². The van der Waals surface area contributed by atoms with E-state index in [1.165, 1.54) is 11.5 Å². The fourth-order valence-corrected chi connectivity index (χ4v) is 2.24. The van der Waals surface area contributed by atoms with Crippen LogP contribution in [0.4, 0.5) is 5.13 Å². The van der Waals surface area contributed by atoms with Crippen molar-refractivity contribution in [3.8, 4) is 0 Å². The molecule has 0 aliphatic carbocycles. The van der Waals surface area contributed by atoms with Crippen molar-refractivity contribution < 1.29 is 9.90 Å². The molecule has 18 heavy (non-hydrogen) atoms.